The molecule has 0 spiro atoms. The number of carboxylic acid groups (broad SMARTS) is 1. The van der Waals surface area contributed by atoms with Crippen LogP contribution in [-0.2, 0) is 9.36 Å². The molecule has 0 aliphatic heterocycles. The number of aliphatic carboxylic acids is 1. The lowest BCUT2D eigenvalue weighted by Gasteiger charge is -2.12. The fraction of sp³-hybridized carbons (Fsp3) is 0.308. The van der Waals surface area contributed by atoms with Crippen molar-refractivity contribution >= 4 is 19.6 Å². The number of rotatable bonds is 6. The van der Waals surface area contributed by atoms with Crippen LogP contribution in [0.15, 0.2) is 18.2 Å². The maximum atomic E-state index is 10.8. The quantitative estimate of drug-likeness (QED) is 0.694. The molecule has 0 aliphatic carbocycles. The van der Waals surface area contributed by atoms with Crippen LogP contribution in [0.25, 0.3) is 6.08 Å². The maximum Gasteiger partial charge on any atom is 0.341 e. The molecule has 0 bridgehead atoms. The van der Waals surface area contributed by atoms with E-state index in [0.29, 0.717) is 5.75 Å². The maximum absolute atomic E-state index is 10.8. The number of aryl methyl sites for hydroxylation is 1. The van der Waals surface area contributed by atoms with Crippen molar-refractivity contribution in [1.82, 2.24) is 0 Å². The number of hydrogen-bond donors (Lipinski definition) is 3. The van der Waals surface area contributed by atoms with E-state index < -0.39 is 20.2 Å². The zero-order valence-electron chi connectivity index (χ0n) is 11.2. The van der Waals surface area contributed by atoms with Crippen molar-refractivity contribution in [2.75, 3.05) is 12.8 Å². The summed E-state index contributed by atoms with van der Waals surface area (Å²) in [4.78, 5) is 28.1. The van der Waals surface area contributed by atoms with Gasteiger partial charge < -0.3 is 19.6 Å². The van der Waals surface area contributed by atoms with Crippen LogP contribution in [0.5, 0.6) is 5.75 Å². The van der Waals surface area contributed by atoms with Gasteiger partial charge in [0.25, 0.3) is 0 Å². The number of benzene rings is 1. The zero-order valence-corrected chi connectivity index (χ0v) is 12.1. The molecule has 3 N–H and O–H groups in total. The van der Waals surface area contributed by atoms with Crippen LogP contribution in [0.3, 0.4) is 0 Å². The Morgan fingerprint density at radius 2 is 2.00 bits per heavy atom. The zero-order chi connectivity index (χ0) is 15.3. The van der Waals surface area contributed by atoms with Crippen molar-refractivity contribution in [2.24, 2.45) is 0 Å². The van der Waals surface area contributed by atoms with Crippen molar-refractivity contribution in [1.29, 1.82) is 0 Å². The number of hydrogen-bond acceptors (Lipinski definition) is 3. The van der Waals surface area contributed by atoms with Gasteiger partial charge in [0.1, 0.15) is 5.75 Å². The minimum Gasteiger partial charge on any atom is -0.481 e. The highest BCUT2D eigenvalue weighted by atomic mass is 31.2. The summed E-state index contributed by atoms with van der Waals surface area (Å²) in [6.45, 7) is 3.13. The Hall–Kier alpha value is -1.62. The first-order valence-electron chi connectivity index (χ1n) is 5.86. The van der Waals surface area contributed by atoms with Crippen LogP contribution in [0.2, 0.25) is 0 Å². The molecule has 20 heavy (non-hydrogen) atoms. The van der Waals surface area contributed by atoms with Gasteiger partial charge in [-0.15, -0.1) is 0 Å². The molecule has 0 aliphatic rings. The van der Waals surface area contributed by atoms with Crippen molar-refractivity contribution in [3.63, 3.8) is 0 Å². The Kier molecular flexibility index (Phi) is 5.51. The summed E-state index contributed by atoms with van der Waals surface area (Å²) in [6, 6.07) is 3.55. The minimum absolute atomic E-state index is 0.342. The molecular weight excluding hydrogens is 283 g/mol. The van der Waals surface area contributed by atoms with Gasteiger partial charge in [-0.1, -0.05) is 24.3 Å². The first-order chi connectivity index (χ1) is 9.20. The minimum atomic E-state index is -4.06. The van der Waals surface area contributed by atoms with E-state index in [4.69, 9.17) is 19.6 Å². The molecule has 1 aromatic rings. The first kappa shape index (κ1) is 16.4. The van der Waals surface area contributed by atoms with Crippen molar-refractivity contribution in [3.8, 4) is 5.75 Å². The predicted molar refractivity (Wildman–Crippen MR) is 75.0 cm³/mol. The topological polar surface area (TPSA) is 104 Å². The smallest absolute Gasteiger partial charge is 0.341 e. The molecule has 0 saturated carbocycles. The van der Waals surface area contributed by atoms with Crippen LogP contribution in [-0.4, -0.2) is 33.6 Å². The molecule has 0 atom stereocenters. The highest BCUT2D eigenvalue weighted by molar-refractivity contribution is 7.51. The van der Waals surface area contributed by atoms with Crippen LogP contribution < -0.4 is 4.74 Å². The highest BCUT2D eigenvalue weighted by Gasteiger charge is 2.11. The van der Waals surface area contributed by atoms with E-state index in [2.05, 4.69) is 0 Å². The third-order valence-corrected chi connectivity index (χ3v) is 3.31. The second-order valence-corrected chi connectivity index (χ2v) is 6.05. The van der Waals surface area contributed by atoms with Gasteiger partial charge in [0, 0.05) is 0 Å². The summed E-state index contributed by atoms with van der Waals surface area (Å²) in [6.07, 6.45) is 2.63. The van der Waals surface area contributed by atoms with Gasteiger partial charge in [-0.3, -0.25) is 4.57 Å². The number of carboxylic acids is 1. The molecule has 0 fully saturated rings. The lowest BCUT2D eigenvalue weighted by atomic mass is 10.0. The van der Waals surface area contributed by atoms with Gasteiger partial charge in [0.2, 0.25) is 0 Å². The van der Waals surface area contributed by atoms with E-state index in [1.807, 2.05) is 0 Å². The summed E-state index contributed by atoms with van der Waals surface area (Å²) in [5.74, 6) is -0.586. The number of ether oxygens (including phenoxy) is 1. The second-order valence-electron chi connectivity index (χ2n) is 4.36. The number of carbonyl (C=O) groups is 1. The lowest BCUT2D eigenvalue weighted by molar-refractivity contribution is -0.139. The van der Waals surface area contributed by atoms with Gasteiger partial charge in [-0.05, 0) is 30.5 Å². The average molecular weight is 300 g/mol. The molecule has 1 rings (SSSR count). The third kappa shape index (κ3) is 5.17. The molecule has 0 heterocycles. The Balaban J connectivity index is 2.96. The molecule has 6 nitrogen and oxygen atoms in total. The second kappa shape index (κ2) is 6.70. The fourth-order valence-electron chi connectivity index (χ4n) is 1.70. The first-order valence-corrected chi connectivity index (χ1v) is 7.66. The number of allylic oxidation sites excluding steroid dienone is 1. The van der Waals surface area contributed by atoms with E-state index in [0.717, 1.165) is 16.7 Å². The standard InChI is InChI=1S/C13H17O6P/c1-9-5-6-11(4-3-7-20(16,17)18)10(2)13(9)19-8-12(14)15/h3-6H,7-8H2,1-2H3,(H,14,15)(H2,16,17,18)/b4-3+. The van der Waals surface area contributed by atoms with Crippen molar-refractivity contribution < 1.29 is 29.0 Å². The molecule has 0 saturated heterocycles. The molecular formula is C13H17O6P. The average Bonchev–Trinajstić information content (AvgIpc) is 2.30. The van der Waals surface area contributed by atoms with Crippen LogP contribution in [0.1, 0.15) is 16.7 Å². The Morgan fingerprint density at radius 1 is 1.35 bits per heavy atom. The van der Waals surface area contributed by atoms with Crippen LogP contribution >= 0.6 is 7.60 Å². The molecule has 0 unspecified atom stereocenters. The summed E-state index contributed by atoms with van der Waals surface area (Å²) >= 11 is 0. The van der Waals surface area contributed by atoms with Gasteiger partial charge >= 0.3 is 13.6 Å². The molecule has 7 heteroatoms. The van der Waals surface area contributed by atoms with E-state index in [-0.39, 0.29) is 6.16 Å². The van der Waals surface area contributed by atoms with Gasteiger partial charge in [0.05, 0.1) is 6.16 Å². The fourth-order valence-corrected chi connectivity index (χ4v) is 2.08. The SMILES string of the molecule is Cc1ccc(/C=C/CP(=O)(O)O)c(C)c1OCC(=O)O. The predicted octanol–water partition coefficient (Wildman–Crippen LogP) is 1.96. The van der Waals surface area contributed by atoms with E-state index in [1.165, 1.54) is 6.08 Å². The summed E-state index contributed by atoms with van der Waals surface area (Å²) < 4.78 is 16.0. The van der Waals surface area contributed by atoms with E-state index in [1.54, 1.807) is 32.1 Å². The molecule has 110 valence electrons. The lowest BCUT2D eigenvalue weighted by Crippen LogP contribution is -2.11. The van der Waals surface area contributed by atoms with Crippen molar-refractivity contribution in [2.45, 2.75) is 13.8 Å². The molecule has 0 radical (unpaired) electrons. The largest absolute Gasteiger partial charge is 0.481 e. The Morgan fingerprint density at radius 3 is 2.55 bits per heavy atom. The summed E-state index contributed by atoms with van der Waals surface area (Å²) in [7, 11) is -4.06. The summed E-state index contributed by atoms with van der Waals surface area (Å²) in [5, 5.41) is 8.63. The summed E-state index contributed by atoms with van der Waals surface area (Å²) in [5.41, 5.74) is 2.26. The Labute approximate surface area is 116 Å². The molecule has 0 aromatic heterocycles. The monoisotopic (exact) mass is 300 g/mol. The van der Waals surface area contributed by atoms with E-state index >= 15 is 0 Å². The van der Waals surface area contributed by atoms with Gasteiger partial charge in [-0.25, -0.2) is 4.79 Å². The van der Waals surface area contributed by atoms with E-state index in [9.17, 15) is 9.36 Å². The third-order valence-electron chi connectivity index (χ3n) is 2.63. The molecule has 1 aromatic carbocycles. The van der Waals surface area contributed by atoms with Crippen molar-refractivity contribution in [3.05, 3.63) is 34.9 Å². The van der Waals surface area contributed by atoms with Gasteiger partial charge in [0.15, 0.2) is 6.61 Å². The normalized spacial score (nSPS) is 11.8. The van der Waals surface area contributed by atoms with Gasteiger partial charge in [-0.2, -0.15) is 0 Å². The molecule has 0 amide bonds. The Bertz CT molecular complexity index is 572. The van der Waals surface area contributed by atoms with Crippen LogP contribution in [0.4, 0.5) is 0 Å². The highest BCUT2D eigenvalue weighted by Crippen LogP contribution is 2.34. The van der Waals surface area contributed by atoms with Crippen LogP contribution in [0, 0.1) is 13.8 Å².